The van der Waals surface area contributed by atoms with Crippen LogP contribution in [0.5, 0.6) is 0 Å². The molecule has 0 N–H and O–H groups in total. The van der Waals surface area contributed by atoms with Crippen molar-refractivity contribution in [2.45, 2.75) is 51.5 Å². The van der Waals surface area contributed by atoms with Crippen molar-refractivity contribution in [3.05, 3.63) is 59.7 Å². The van der Waals surface area contributed by atoms with Crippen molar-refractivity contribution in [3.63, 3.8) is 0 Å². The minimum Gasteiger partial charge on any atom is -0.454 e. The molecule has 0 aromatic heterocycles. The van der Waals surface area contributed by atoms with Crippen LogP contribution in [0, 0.1) is 11.8 Å². The van der Waals surface area contributed by atoms with Crippen LogP contribution in [0.2, 0.25) is 0 Å². The molecule has 2 aromatic rings. The van der Waals surface area contributed by atoms with Crippen molar-refractivity contribution in [1.82, 2.24) is 4.90 Å². The Hall–Kier alpha value is -3.48. The van der Waals surface area contributed by atoms with Gasteiger partial charge in [0.05, 0.1) is 23.2 Å². The molecule has 0 radical (unpaired) electrons. The van der Waals surface area contributed by atoms with Crippen LogP contribution < -0.4 is 4.90 Å². The van der Waals surface area contributed by atoms with Gasteiger partial charge in [0, 0.05) is 0 Å². The number of carbonyl (C=O) groups is 4. The summed E-state index contributed by atoms with van der Waals surface area (Å²) in [5.41, 5.74) is 3.64. The first-order chi connectivity index (χ1) is 16.5. The largest absolute Gasteiger partial charge is 0.454 e. The Kier molecular flexibility index (Phi) is 5.94. The molecule has 3 amide bonds. The number of benzene rings is 2. The number of amides is 3. The molecule has 2 heterocycles. The second kappa shape index (κ2) is 9.05. The molecule has 2 aliphatic heterocycles. The van der Waals surface area contributed by atoms with E-state index in [0.717, 1.165) is 53.1 Å². The molecule has 0 unspecified atom stereocenters. The molecule has 3 aliphatic rings. The number of rotatable bonds is 4. The Labute approximate surface area is 198 Å². The molecule has 2 fully saturated rings. The fraction of sp³-hybridized carbons (Fsp3) is 0.407. The van der Waals surface area contributed by atoms with Crippen molar-refractivity contribution in [1.29, 1.82) is 0 Å². The normalized spacial score (nSPS) is 22.4. The molecule has 0 spiro atoms. The topological polar surface area (TPSA) is 84.0 Å². The molecule has 1 aliphatic carbocycles. The third kappa shape index (κ3) is 3.79. The number of aryl methyl sites for hydroxylation is 2. The number of likely N-dealkylation sites (tertiary alicyclic amines) is 1. The van der Waals surface area contributed by atoms with Crippen LogP contribution in [-0.4, -0.2) is 41.2 Å². The van der Waals surface area contributed by atoms with Crippen LogP contribution in [0.15, 0.2) is 48.5 Å². The molecule has 3 atom stereocenters. The first-order valence-corrected chi connectivity index (χ1v) is 12.0. The Morgan fingerprint density at radius 1 is 0.882 bits per heavy atom. The maximum Gasteiger partial charge on any atom is 0.329 e. The lowest BCUT2D eigenvalue weighted by Crippen LogP contribution is -2.45. The van der Waals surface area contributed by atoms with Gasteiger partial charge in [-0.25, -0.2) is 4.79 Å². The summed E-state index contributed by atoms with van der Waals surface area (Å²) in [5, 5.41) is 0. The lowest BCUT2D eigenvalue weighted by atomic mass is 9.81. The van der Waals surface area contributed by atoms with Crippen molar-refractivity contribution in [3.8, 4) is 0 Å². The Morgan fingerprint density at radius 3 is 1.91 bits per heavy atom. The Morgan fingerprint density at radius 2 is 1.38 bits per heavy atom. The summed E-state index contributed by atoms with van der Waals surface area (Å²) in [6.45, 7) is 1.02. The number of ether oxygens (including phenoxy) is 1. The van der Waals surface area contributed by atoms with E-state index >= 15 is 0 Å². The molecule has 0 bridgehead atoms. The fourth-order valence-corrected chi connectivity index (χ4v) is 5.54. The standard InChI is InChI=1S/C27H28N2O5/c1-17(28-25(31)20-10-4-5-11-21(20)26(28)32)27(33)34-16-24(30)29-22-12-6-2-8-18(22)14-15-19-9-3-7-13-23(19)29/h2-3,6-9,12-13,17,20-21H,4-5,10-11,14-16H2,1H3/t17-,20+,21+/m1/s1. The van der Waals surface area contributed by atoms with Crippen LogP contribution in [0.25, 0.3) is 0 Å². The van der Waals surface area contributed by atoms with Gasteiger partial charge in [0.1, 0.15) is 6.04 Å². The highest BCUT2D eigenvalue weighted by Crippen LogP contribution is 2.39. The molecule has 1 saturated heterocycles. The highest BCUT2D eigenvalue weighted by Gasteiger charge is 2.51. The molecule has 7 nitrogen and oxygen atoms in total. The molecular formula is C27H28N2O5. The van der Waals surface area contributed by atoms with E-state index in [4.69, 9.17) is 4.74 Å². The van der Waals surface area contributed by atoms with E-state index in [9.17, 15) is 19.2 Å². The molecular weight excluding hydrogens is 432 g/mol. The fourth-order valence-electron chi connectivity index (χ4n) is 5.54. The van der Waals surface area contributed by atoms with Crippen LogP contribution >= 0.6 is 0 Å². The summed E-state index contributed by atoms with van der Waals surface area (Å²) in [5.74, 6) is -2.37. The number of fused-ring (bicyclic) bond motifs is 3. The summed E-state index contributed by atoms with van der Waals surface area (Å²) in [4.78, 5) is 54.5. The number of esters is 1. The van der Waals surface area contributed by atoms with Crippen LogP contribution in [0.3, 0.4) is 0 Å². The van der Waals surface area contributed by atoms with E-state index in [2.05, 4.69) is 0 Å². The van der Waals surface area contributed by atoms with Gasteiger partial charge in [-0.3, -0.25) is 24.2 Å². The van der Waals surface area contributed by atoms with Gasteiger partial charge in [-0.1, -0.05) is 49.2 Å². The monoisotopic (exact) mass is 460 g/mol. The van der Waals surface area contributed by atoms with Crippen LogP contribution in [0.4, 0.5) is 11.4 Å². The van der Waals surface area contributed by atoms with Crippen LogP contribution in [0.1, 0.15) is 43.7 Å². The summed E-state index contributed by atoms with van der Waals surface area (Å²) in [6.07, 6.45) is 4.80. The molecule has 34 heavy (non-hydrogen) atoms. The number of imide groups is 1. The maximum atomic E-state index is 13.4. The third-order valence-corrected chi connectivity index (χ3v) is 7.32. The lowest BCUT2D eigenvalue weighted by Gasteiger charge is -2.26. The zero-order valence-corrected chi connectivity index (χ0v) is 19.2. The number of carbonyl (C=O) groups excluding carboxylic acids is 4. The van der Waals surface area contributed by atoms with Gasteiger partial charge in [-0.2, -0.15) is 0 Å². The molecule has 5 rings (SSSR count). The van der Waals surface area contributed by atoms with E-state index in [1.165, 1.54) is 6.92 Å². The maximum absolute atomic E-state index is 13.4. The first-order valence-electron chi connectivity index (χ1n) is 12.0. The van der Waals surface area contributed by atoms with E-state index in [1.807, 2.05) is 48.5 Å². The minimum atomic E-state index is -1.05. The number of para-hydroxylation sites is 2. The van der Waals surface area contributed by atoms with E-state index in [-0.39, 0.29) is 29.6 Å². The third-order valence-electron chi connectivity index (χ3n) is 7.32. The summed E-state index contributed by atoms with van der Waals surface area (Å²) in [7, 11) is 0. The molecule has 176 valence electrons. The summed E-state index contributed by atoms with van der Waals surface area (Å²) in [6, 6.07) is 14.4. The van der Waals surface area contributed by atoms with Gasteiger partial charge in [0.2, 0.25) is 11.8 Å². The summed E-state index contributed by atoms with van der Waals surface area (Å²) >= 11 is 0. The number of hydrogen-bond acceptors (Lipinski definition) is 5. The van der Waals surface area contributed by atoms with Gasteiger partial charge >= 0.3 is 5.97 Å². The second-order valence-electron chi connectivity index (χ2n) is 9.31. The molecule has 2 aromatic carbocycles. The van der Waals surface area contributed by atoms with Crippen molar-refractivity contribution in [2.75, 3.05) is 11.5 Å². The number of hydrogen-bond donors (Lipinski definition) is 0. The smallest absolute Gasteiger partial charge is 0.329 e. The number of nitrogens with zero attached hydrogens (tertiary/aromatic N) is 2. The number of anilines is 2. The average molecular weight is 461 g/mol. The highest BCUT2D eigenvalue weighted by atomic mass is 16.5. The van der Waals surface area contributed by atoms with Gasteiger partial charge in [-0.15, -0.1) is 0 Å². The SMILES string of the molecule is C[C@H](C(=O)OCC(=O)N1c2ccccc2CCc2ccccc21)N1C(=O)[C@H]2CCCC[C@@H]2C1=O. The van der Waals surface area contributed by atoms with Crippen molar-refractivity contribution >= 4 is 35.1 Å². The van der Waals surface area contributed by atoms with Crippen molar-refractivity contribution in [2.24, 2.45) is 11.8 Å². The van der Waals surface area contributed by atoms with E-state index in [0.29, 0.717) is 12.8 Å². The highest BCUT2D eigenvalue weighted by molar-refractivity contribution is 6.08. The van der Waals surface area contributed by atoms with Crippen molar-refractivity contribution < 1.29 is 23.9 Å². The van der Waals surface area contributed by atoms with Gasteiger partial charge in [0.15, 0.2) is 6.61 Å². The van der Waals surface area contributed by atoms with E-state index in [1.54, 1.807) is 4.90 Å². The van der Waals surface area contributed by atoms with E-state index < -0.39 is 18.6 Å². The van der Waals surface area contributed by atoms with Gasteiger partial charge in [-0.05, 0) is 55.9 Å². The quantitative estimate of drug-likeness (QED) is 0.515. The average Bonchev–Trinajstić information content (AvgIpc) is 3.01. The van der Waals surface area contributed by atoms with Crippen LogP contribution in [-0.2, 0) is 36.8 Å². The lowest BCUT2D eigenvalue weighted by molar-refractivity contribution is -0.159. The van der Waals surface area contributed by atoms with Gasteiger partial charge < -0.3 is 4.74 Å². The molecule has 1 saturated carbocycles. The second-order valence-corrected chi connectivity index (χ2v) is 9.31. The zero-order valence-electron chi connectivity index (χ0n) is 19.2. The summed E-state index contributed by atoms with van der Waals surface area (Å²) < 4.78 is 5.38. The first kappa shape index (κ1) is 22.3. The Balaban J connectivity index is 1.32. The van der Waals surface area contributed by atoms with Gasteiger partial charge in [0.25, 0.3) is 5.91 Å². The predicted octanol–water partition coefficient (Wildman–Crippen LogP) is 3.56. The molecule has 7 heteroatoms. The zero-order chi connectivity index (χ0) is 23.8. The predicted molar refractivity (Wildman–Crippen MR) is 125 cm³/mol. The Bertz CT molecular complexity index is 1090. The minimum absolute atomic E-state index is 0.291.